The van der Waals surface area contributed by atoms with E-state index in [0.29, 0.717) is 28.1 Å². The van der Waals surface area contributed by atoms with Crippen molar-refractivity contribution in [2.75, 3.05) is 17.7 Å². The fourth-order valence-electron chi connectivity index (χ4n) is 2.96. The lowest BCUT2D eigenvalue weighted by Crippen LogP contribution is -2.22. The number of nitrogens with zero attached hydrogens (tertiary/aromatic N) is 2. The summed E-state index contributed by atoms with van der Waals surface area (Å²) in [6, 6.07) is 7.22. The number of halogens is 1. The van der Waals surface area contributed by atoms with Gasteiger partial charge in [0.15, 0.2) is 0 Å². The van der Waals surface area contributed by atoms with Gasteiger partial charge < -0.3 is 15.4 Å². The van der Waals surface area contributed by atoms with Crippen LogP contribution in [-0.4, -0.2) is 29.1 Å². The molecule has 1 aromatic heterocycles. The van der Waals surface area contributed by atoms with Gasteiger partial charge in [-0.2, -0.15) is 0 Å². The van der Waals surface area contributed by atoms with Crippen LogP contribution in [0.4, 0.5) is 17.3 Å². The molecule has 0 saturated heterocycles. The molecule has 2 aromatic rings. The van der Waals surface area contributed by atoms with Gasteiger partial charge in [-0.3, -0.25) is 0 Å². The second-order valence-corrected chi connectivity index (χ2v) is 6.49. The van der Waals surface area contributed by atoms with Crippen LogP contribution in [0, 0.1) is 0 Å². The Morgan fingerprint density at radius 3 is 2.68 bits per heavy atom. The van der Waals surface area contributed by atoms with Crippen molar-refractivity contribution in [2.24, 2.45) is 0 Å². The minimum Gasteiger partial charge on any atom is -0.465 e. The van der Waals surface area contributed by atoms with Gasteiger partial charge in [0.1, 0.15) is 18.0 Å². The fourth-order valence-corrected chi connectivity index (χ4v) is 3.13. The quantitative estimate of drug-likeness (QED) is 0.769. The molecule has 2 N–H and O–H groups in total. The van der Waals surface area contributed by atoms with Crippen molar-refractivity contribution in [1.82, 2.24) is 9.97 Å². The number of carbonyl (C=O) groups excluding carboxylic acids is 1. The van der Waals surface area contributed by atoms with Gasteiger partial charge in [0.2, 0.25) is 0 Å². The SMILES string of the molecule is COC(=O)c1ccc(Cl)c(Nc2cc(NC3CCCCC3)ncn2)c1. The molecular formula is C18H21ClN4O2. The molecule has 1 aliphatic rings. The first-order valence-electron chi connectivity index (χ1n) is 8.39. The van der Waals surface area contributed by atoms with Crippen LogP contribution in [0.2, 0.25) is 5.02 Å². The molecule has 7 heteroatoms. The van der Waals surface area contributed by atoms with E-state index in [1.54, 1.807) is 18.2 Å². The summed E-state index contributed by atoms with van der Waals surface area (Å²) in [6.07, 6.45) is 7.66. The zero-order valence-electron chi connectivity index (χ0n) is 14.1. The molecule has 0 radical (unpaired) electrons. The molecule has 0 amide bonds. The molecule has 0 bridgehead atoms. The standard InChI is InChI=1S/C18H21ClN4O2/c1-25-18(24)12-7-8-14(19)15(9-12)23-17-10-16(20-11-21-17)22-13-5-3-2-4-6-13/h7-11,13H,2-6H2,1H3,(H2,20,21,22,23). The van der Waals surface area contributed by atoms with Crippen LogP contribution in [0.15, 0.2) is 30.6 Å². The van der Waals surface area contributed by atoms with Crippen LogP contribution in [0.3, 0.4) is 0 Å². The molecule has 1 fully saturated rings. The van der Waals surface area contributed by atoms with E-state index in [4.69, 9.17) is 16.3 Å². The summed E-state index contributed by atoms with van der Waals surface area (Å²) in [5.41, 5.74) is 1.01. The molecule has 25 heavy (non-hydrogen) atoms. The number of carbonyl (C=O) groups is 1. The van der Waals surface area contributed by atoms with Crippen molar-refractivity contribution in [2.45, 2.75) is 38.1 Å². The molecule has 0 spiro atoms. The zero-order valence-corrected chi connectivity index (χ0v) is 14.8. The van der Waals surface area contributed by atoms with Gasteiger partial charge >= 0.3 is 5.97 Å². The van der Waals surface area contributed by atoms with Crippen LogP contribution in [0.1, 0.15) is 42.5 Å². The maximum Gasteiger partial charge on any atom is 0.337 e. The van der Waals surface area contributed by atoms with E-state index in [9.17, 15) is 4.79 Å². The summed E-state index contributed by atoms with van der Waals surface area (Å²) in [6.45, 7) is 0. The van der Waals surface area contributed by atoms with Gasteiger partial charge in [-0.25, -0.2) is 14.8 Å². The van der Waals surface area contributed by atoms with Crippen molar-refractivity contribution < 1.29 is 9.53 Å². The smallest absolute Gasteiger partial charge is 0.337 e. The Morgan fingerprint density at radius 1 is 1.16 bits per heavy atom. The largest absolute Gasteiger partial charge is 0.465 e. The molecule has 132 valence electrons. The number of benzene rings is 1. The molecule has 1 saturated carbocycles. The van der Waals surface area contributed by atoms with Crippen molar-refractivity contribution in [3.05, 3.63) is 41.2 Å². The average molecular weight is 361 g/mol. The summed E-state index contributed by atoms with van der Waals surface area (Å²) in [5.74, 6) is 0.976. The first-order chi connectivity index (χ1) is 12.2. The van der Waals surface area contributed by atoms with E-state index in [1.807, 2.05) is 6.07 Å². The predicted molar refractivity (Wildman–Crippen MR) is 98.6 cm³/mol. The van der Waals surface area contributed by atoms with Crippen molar-refractivity contribution in [3.63, 3.8) is 0 Å². The summed E-state index contributed by atoms with van der Waals surface area (Å²) < 4.78 is 4.74. The van der Waals surface area contributed by atoms with E-state index >= 15 is 0 Å². The minimum absolute atomic E-state index is 0.415. The van der Waals surface area contributed by atoms with E-state index in [0.717, 1.165) is 5.82 Å². The molecule has 0 atom stereocenters. The lowest BCUT2D eigenvalue weighted by atomic mass is 9.95. The number of esters is 1. The maximum atomic E-state index is 11.7. The molecule has 0 aliphatic heterocycles. The van der Waals surface area contributed by atoms with Crippen molar-refractivity contribution in [1.29, 1.82) is 0 Å². The highest BCUT2D eigenvalue weighted by Crippen LogP contribution is 2.27. The number of aromatic nitrogens is 2. The Kier molecular flexibility index (Phi) is 5.71. The molecule has 3 rings (SSSR count). The number of hydrogen-bond donors (Lipinski definition) is 2. The lowest BCUT2D eigenvalue weighted by Gasteiger charge is -2.23. The Hall–Kier alpha value is -2.34. The summed E-state index contributed by atoms with van der Waals surface area (Å²) >= 11 is 6.22. The van der Waals surface area contributed by atoms with Gasteiger partial charge in [-0.1, -0.05) is 30.9 Å². The summed E-state index contributed by atoms with van der Waals surface area (Å²) in [4.78, 5) is 20.2. The van der Waals surface area contributed by atoms with Gasteiger partial charge in [-0.15, -0.1) is 0 Å². The molecule has 1 heterocycles. The van der Waals surface area contributed by atoms with Crippen LogP contribution < -0.4 is 10.6 Å². The van der Waals surface area contributed by atoms with Crippen molar-refractivity contribution >= 4 is 34.9 Å². The second kappa shape index (κ2) is 8.16. The third-order valence-electron chi connectivity index (χ3n) is 4.27. The van der Waals surface area contributed by atoms with Crippen LogP contribution in [0.25, 0.3) is 0 Å². The predicted octanol–water partition coefficient (Wildman–Crippen LogP) is 4.40. The van der Waals surface area contributed by atoms with Crippen LogP contribution in [-0.2, 0) is 4.74 Å². The van der Waals surface area contributed by atoms with E-state index in [1.165, 1.54) is 45.5 Å². The average Bonchev–Trinajstić information content (AvgIpc) is 2.64. The Bertz CT molecular complexity index is 748. The summed E-state index contributed by atoms with van der Waals surface area (Å²) in [5, 5.41) is 7.09. The van der Waals surface area contributed by atoms with Gasteiger partial charge in [0, 0.05) is 12.1 Å². The molecule has 6 nitrogen and oxygen atoms in total. The van der Waals surface area contributed by atoms with Gasteiger partial charge in [-0.05, 0) is 31.0 Å². The third kappa shape index (κ3) is 4.60. The van der Waals surface area contributed by atoms with Crippen LogP contribution >= 0.6 is 11.6 Å². The normalized spacial score (nSPS) is 14.8. The highest BCUT2D eigenvalue weighted by molar-refractivity contribution is 6.33. The molecular weight excluding hydrogens is 340 g/mol. The van der Waals surface area contributed by atoms with Crippen molar-refractivity contribution in [3.8, 4) is 0 Å². The number of hydrogen-bond acceptors (Lipinski definition) is 6. The number of anilines is 3. The fraction of sp³-hybridized carbons (Fsp3) is 0.389. The molecule has 0 unspecified atom stereocenters. The number of nitrogens with one attached hydrogen (secondary N) is 2. The molecule has 1 aliphatic carbocycles. The number of ether oxygens (including phenoxy) is 1. The van der Waals surface area contributed by atoms with Gasteiger partial charge in [0.25, 0.3) is 0 Å². The van der Waals surface area contributed by atoms with E-state index < -0.39 is 5.97 Å². The number of rotatable bonds is 5. The molecule has 1 aromatic carbocycles. The highest BCUT2D eigenvalue weighted by Gasteiger charge is 2.14. The minimum atomic E-state index is -0.415. The monoisotopic (exact) mass is 360 g/mol. The topological polar surface area (TPSA) is 76.1 Å². The van der Waals surface area contributed by atoms with E-state index in [-0.39, 0.29) is 0 Å². The third-order valence-corrected chi connectivity index (χ3v) is 4.60. The Morgan fingerprint density at radius 2 is 1.92 bits per heavy atom. The Labute approximate surface area is 152 Å². The van der Waals surface area contributed by atoms with Crippen LogP contribution in [0.5, 0.6) is 0 Å². The summed E-state index contributed by atoms with van der Waals surface area (Å²) in [7, 11) is 1.34. The van der Waals surface area contributed by atoms with E-state index in [2.05, 4.69) is 20.6 Å². The van der Waals surface area contributed by atoms with Gasteiger partial charge in [0.05, 0.1) is 23.4 Å². The first kappa shape index (κ1) is 17.5. The lowest BCUT2D eigenvalue weighted by molar-refractivity contribution is 0.0601. The first-order valence-corrected chi connectivity index (χ1v) is 8.77. The highest BCUT2D eigenvalue weighted by atomic mass is 35.5. The number of methoxy groups -OCH3 is 1. The Balaban J connectivity index is 1.74. The second-order valence-electron chi connectivity index (χ2n) is 6.08. The zero-order chi connectivity index (χ0) is 17.6. The maximum absolute atomic E-state index is 11.7.